The molecule has 29 heavy (non-hydrogen) atoms. The first-order valence-electron chi connectivity index (χ1n) is 9.17. The van der Waals surface area contributed by atoms with Crippen molar-refractivity contribution in [2.75, 3.05) is 26.4 Å². The topological polar surface area (TPSA) is 111 Å². The van der Waals surface area contributed by atoms with Gasteiger partial charge in [0.15, 0.2) is 14.6 Å². The van der Waals surface area contributed by atoms with Crippen molar-refractivity contribution in [1.29, 1.82) is 0 Å². The Morgan fingerprint density at radius 3 is 2.07 bits per heavy atom. The molecule has 2 aromatic rings. The van der Waals surface area contributed by atoms with Gasteiger partial charge in [-0.05, 0) is 49.2 Å². The van der Waals surface area contributed by atoms with Gasteiger partial charge < -0.3 is 14.2 Å². The predicted molar refractivity (Wildman–Crippen MR) is 104 cm³/mol. The van der Waals surface area contributed by atoms with E-state index in [2.05, 4.69) is 0 Å². The summed E-state index contributed by atoms with van der Waals surface area (Å²) in [7, 11) is -4.05. The highest BCUT2D eigenvalue weighted by Gasteiger charge is 2.52. The van der Waals surface area contributed by atoms with Crippen LogP contribution in [0.1, 0.15) is 12.8 Å². The summed E-state index contributed by atoms with van der Waals surface area (Å²) in [5.74, 6) is 0.272. The van der Waals surface area contributed by atoms with Gasteiger partial charge in [0, 0.05) is 13.2 Å². The lowest BCUT2D eigenvalue weighted by Gasteiger charge is -2.34. The number of hydroxylamine groups is 1. The van der Waals surface area contributed by atoms with Crippen molar-refractivity contribution < 1.29 is 32.6 Å². The highest BCUT2D eigenvalue weighted by atomic mass is 32.2. The van der Waals surface area contributed by atoms with E-state index in [0.717, 1.165) is 5.75 Å². The van der Waals surface area contributed by atoms with Gasteiger partial charge in [0.25, 0.3) is 5.91 Å². The zero-order chi connectivity index (χ0) is 20.7. The number of para-hydroxylation sites is 1. The van der Waals surface area contributed by atoms with E-state index in [1.165, 1.54) is 29.7 Å². The third-order valence-electron chi connectivity index (χ3n) is 4.83. The van der Waals surface area contributed by atoms with Crippen LogP contribution in [-0.2, 0) is 19.4 Å². The lowest BCUT2D eigenvalue weighted by atomic mass is 9.98. The minimum atomic E-state index is -4.05. The Morgan fingerprint density at radius 2 is 1.52 bits per heavy atom. The molecule has 1 aliphatic rings. The van der Waals surface area contributed by atoms with Gasteiger partial charge in [-0.25, -0.2) is 13.9 Å². The van der Waals surface area contributed by atoms with Gasteiger partial charge in [-0.1, -0.05) is 18.2 Å². The molecule has 2 aromatic carbocycles. The van der Waals surface area contributed by atoms with E-state index in [4.69, 9.17) is 19.4 Å². The molecular formula is C20H23NO7S. The summed E-state index contributed by atoms with van der Waals surface area (Å²) in [4.78, 5) is 12.2. The fourth-order valence-electron chi connectivity index (χ4n) is 3.20. The summed E-state index contributed by atoms with van der Waals surface area (Å²) >= 11 is 0. The highest BCUT2D eigenvalue weighted by Crippen LogP contribution is 2.35. The van der Waals surface area contributed by atoms with Crippen molar-refractivity contribution in [3.63, 3.8) is 0 Å². The number of nitrogens with one attached hydrogen (secondary N) is 1. The molecule has 0 aromatic heterocycles. The average Bonchev–Trinajstić information content (AvgIpc) is 2.77. The van der Waals surface area contributed by atoms with Crippen LogP contribution >= 0.6 is 0 Å². The number of rotatable bonds is 8. The molecule has 0 radical (unpaired) electrons. The second kappa shape index (κ2) is 9.25. The Labute approximate surface area is 169 Å². The Hall–Kier alpha value is -2.62. The molecule has 8 nitrogen and oxygen atoms in total. The number of sulfone groups is 1. The minimum absolute atomic E-state index is 0.0177. The van der Waals surface area contributed by atoms with Crippen LogP contribution in [0.3, 0.4) is 0 Å². The van der Waals surface area contributed by atoms with E-state index in [0.29, 0.717) is 12.4 Å². The standard InChI is InChI=1S/C20H23NO7S/c22-19(21-23)20(10-12-26-13-11-20)29(24,25)18-8-6-17(7-9-18)28-15-14-27-16-4-2-1-3-5-16/h1-9,23H,10-15H2,(H,21,22). The van der Waals surface area contributed by atoms with Gasteiger partial charge in [-0.15, -0.1) is 0 Å². The summed E-state index contributed by atoms with van der Waals surface area (Å²) in [6, 6.07) is 15.2. The SMILES string of the molecule is O=C(NO)C1(S(=O)(=O)c2ccc(OCCOc3ccccc3)cc2)CCOCC1. The van der Waals surface area contributed by atoms with E-state index in [9.17, 15) is 13.2 Å². The molecule has 1 amide bonds. The van der Waals surface area contributed by atoms with Gasteiger partial charge in [-0.3, -0.25) is 10.0 Å². The van der Waals surface area contributed by atoms with Gasteiger partial charge >= 0.3 is 0 Å². The normalized spacial score (nSPS) is 16.0. The van der Waals surface area contributed by atoms with E-state index in [1.807, 2.05) is 30.3 Å². The summed E-state index contributed by atoms with van der Waals surface area (Å²) in [5, 5.41) is 9.07. The highest BCUT2D eigenvalue weighted by molar-refractivity contribution is 7.93. The fraction of sp³-hybridized carbons (Fsp3) is 0.350. The first-order chi connectivity index (χ1) is 14.0. The van der Waals surface area contributed by atoms with Gasteiger partial charge in [0.05, 0.1) is 4.90 Å². The Morgan fingerprint density at radius 1 is 0.966 bits per heavy atom. The van der Waals surface area contributed by atoms with Crippen molar-refractivity contribution in [2.45, 2.75) is 22.5 Å². The maximum Gasteiger partial charge on any atom is 0.265 e. The molecular weight excluding hydrogens is 398 g/mol. The molecule has 1 heterocycles. The van der Waals surface area contributed by atoms with Crippen molar-refractivity contribution >= 4 is 15.7 Å². The molecule has 2 N–H and O–H groups in total. The molecule has 1 fully saturated rings. The monoisotopic (exact) mass is 421 g/mol. The van der Waals surface area contributed by atoms with Crippen molar-refractivity contribution in [3.05, 3.63) is 54.6 Å². The second-order valence-corrected chi connectivity index (χ2v) is 8.79. The fourth-order valence-corrected chi connectivity index (χ4v) is 5.14. The summed E-state index contributed by atoms with van der Waals surface area (Å²) in [6.07, 6.45) is -0.0619. The van der Waals surface area contributed by atoms with Gasteiger partial charge in [-0.2, -0.15) is 0 Å². The molecule has 1 saturated heterocycles. The number of hydrogen-bond donors (Lipinski definition) is 2. The van der Waals surface area contributed by atoms with Crippen LogP contribution in [0.5, 0.6) is 11.5 Å². The largest absolute Gasteiger partial charge is 0.490 e. The van der Waals surface area contributed by atoms with E-state index in [1.54, 1.807) is 0 Å². The lowest BCUT2D eigenvalue weighted by Crippen LogP contribution is -2.54. The minimum Gasteiger partial charge on any atom is -0.490 e. The lowest BCUT2D eigenvalue weighted by molar-refractivity contribution is -0.134. The van der Waals surface area contributed by atoms with E-state index < -0.39 is 20.5 Å². The Balaban J connectivity index is 1.65. The number of benzene rings is 2. The quantitative estimate of drug-likeness (QED) is 0.381. The average molecular weight is 421 g/mol. The zero-order valence-electron chi connectivity index (χ0n) is 15.7. The number of hydrogen-bond acceptors (Lipinski definition) is 7. The van der Waals surface area contributed by atoms with E-state index >= 15 is 0 Å². The first-order valence-corrected chi connectivity index (χ1v) is 10.7. The van der Waals surface area contributed by atoms with Crippen LogP contribution in [0, 0.1) is 0 Å². The summed E-state index contributed by atoms with van der Waals surface area (Å²) in [5.41, 5.74) is 1.50. The van der Waals surface area contributed by atoms with Crippen LogP contribution in [0.15, 0.2) is 59.5 Å². The molecule has 3 rings (SSSR count). The zero-order valence-corrected chi connectivity index (χ0v) is 16.6. The maximum atomic E-state index is 13.1. The Bertz CT molecular complexity index is 908. The van der Waals surface area contributed by atoms with Gasteiger partial charge in [0.2, 0.25) is 0 Å². The van der Waals surface area contributed by atoms with Crippen LogP contribution in [0.4, 0.5) is 0 Å². The van der Waals surface area contributed by atoms with Crippen molar-refractivity contribution in [2.24, 2.45) is 0 Å². The first kappa shape index (κ1) is 21.1. The van der Waals surface area contributed by atoms with E-state index in [-0.39, 0.29) is 37.6 Å². The van der Waals surface area contributed by atoms with Gasteiger partial charge in [0.1, 0.15) is 24.7 Å². The predicted octanol–water partition coefficient (Wildman–Crippen LogP) is 1.97. The smallest absolute Gasteiger partial charge is 0.265 e. The number of ether oxygens (including phenoxy) is 3. The number of carbonyl (C=O) groups excluding carboxylic acids is 1. The molecule has 0 spiro atoms. The van der Waals surface area contributed by atoms with Crippen molar-refractivity contribution in [3.8, 4) is 11.5 Å². The molecule has 0 bridgehead atoms. The molecule has 0 atom stereocenters. The molecule has 1 aliphatic heterocycles. The van der Waals surface area contributed by atoms with Crippen LogP contribution in [-0.4, -0.2) is 50.7 Å². The summed E-state index contributed by atoms with van der Waals surface area (Å²) in [6.45, 7) is 0.865. The third-order valence-corrected chi connectivity index (χ3v) is 7.34. The molecule has 0 aliphatic carbocycles. The molecule has 0 saturated carbocycles. The Kier molecular flexibility index (Phi) is 6.73. The maximum absolute atomic E-state index is 13.1. The van der Waals surface area contributed by atoms with Crippen LogP contribution in [0.25, 0.3) is 0 Å². The molecule has 156 valence electrons. The summed E-state index contributed by atoms with van der Waals surface area (Å²) < 4.78 is 40.9. The van der Waals surface area contributed by atoms with Crippen molar-refractivity contribution in [1.82, 2.24) is 5.48 Å². The van der Waals surface area contributed by atoms with Crippen LogP contribution < -0.4 is 15.0 Å². The number of carbonyl (C=O) groups is 1. The third kappa shape index (κ3) is 4.52. The number of amides is 1. The van der Waals surface area contributed by atoms with Crippen LogP contribution in [0.2, 0.25) is 0 Å². The molecule has 0 unspecified atom stereocenters. The second-order valence-electron chi connectivity index (χ2n) is 6.53. The molecule has 9 heteroatoms.